The molecule has 0 bridgehead atoms. The maximum atomic E-state index is 5.71. The molecule has 2 aromatic rings. The maximum absolute atomic E-state index is 5.71. The van der Waals surface area contributed by atoms with Gasteiger partial charge in [0.15, 0.2) is 5.96 Å². The van der Waals surface area contributed by atoms with Crippen LogP contribution in [0, 0.1) is 0 Å². The summed E-state index contributed by atoms with van der Waals surface area (Å²) in [6, 6.07) is 7.79. The van der Waals surface area contributed by atoms with Crippen LogP contribution in [0.4, 0.5) is 0 Å². The van der Waals surface area contributed by atoms with E-state index in [2.05, 4.69) is 36.6 Å². The van der Waals surface area contributed by atoms with Crippen molar-refractivity contribution in [1.82, 2.24) is 15.2 Å². The van der Waals surface area contributed by atoms with Crippen molar-refractivity contribution in [3.05, 3.63) is 44.8 Å². The van der Waals surface area contributed by atoms with Crippen molar-refractivity contribution in [3.63, 3.8) is 0 Å². The molecule has 9 heteroatoms. The van der Waals surface area contributed by atoms with E-state index in [9.17, 15) is 0 Å². The molecule has 0 aliphatic carbocycles. The quantitative estimate of drug-likeness (QED) is 0.222. The Morgan fingerprint density at radius 1 is 1.37 bits per heavy atom. The molecule has 2 rings (SSSR count). The molecule has 1 atom stereocenters. The molecule has 0 saturated heterocycles. The van der Waals surface area contributed by atoms with Crippen LogP contribution >= 0.6 is 51.2 Å². The molecule has 27 heavy (non-hydrogen) atoms. The highest BCUT2D eigenvalue weighted by atomic mass is 127. The smallest absolute Gasteiger partial charge is 0.193 e. The van der Waals surface area contributed by atoms with Crippen molar-refractivity contribution < 1.29 is 9.47 Å². The van der Waals surface area contributed by atoms with Gasteiger partial charge in [0, 0.05) is 31.1 Å². The van der Waals surface area contributed by atoms with Crippen molar-refractivity contribution in [3.8, 4) is 5.75 Å². The van der Waals surface area contributed by atoms with Crippen molar-refractivity contribution in [2.45, 2.75) is 19.6 Å². The first-order valence-electron chi connectivity index (χ1n) is 8.30. The molecule has 0 aliphatic heterocycles. The van der Waals surface area contributed by atoms with Gasteiger partial charge in [-0.15, -0.1) is 35.3 Å². The number of methoxy groups -OCH3 is 1. The fourth-order valence-electron chi connectivity index (χ4n) is 2.25. The molecule has 0 saturated carbocycles. The number of thiazole rings is 1. The van der Waals surface area contributed by atoms with Gasteiger partial charge in [-0.05, 0) is 31.2 Å². The summed E-state index contributed by atoms with van der Waals surface area (Å²) in [7, 11) is 5.46. The molecule has 1 heterocycles. The Kier molecular flexibility index (Phi) is 11.2. The van der Waals surface area contributed by atoms with E-state index in [0.717, 1.165) is 26.9 Å². The van der Waals surface area contributed by atoms with Gasteiger partial charge >= 0.3 is 0 Å². The molecule has 0 radical (unpaired) electrons. The van der Waals surface area contributed by atoms with E-state index >= 15 is 0 Å². The fraction of sp³-hybridized carbons (Fsp3) is 0.444. The van der Waals surface area contributed by atoms with Crippen LogP contribution in [0.2, 0.25) is 0 Å². The van der Waals surface area contributed by atoms with Gasteiger partial charge in [0.25, 0.3) is 0 Å². The summed E-state index contributed by atoms with van der Waals surface area (Å²) >= 11 is 5.03. The molecule has 150 valence electrons. The summed E-state index contributed by atoms with van der Waals surface area (Å²) in [5, 5.41) is 6.35. The van der Waals surface area contributed by atoms with Gasteiger partial charge in [-0.3, -0.25) is 4.99 Å². The first-order chi connectivity index (χ1) is 12.5. The number of nitrogens with one attached hydrogen (secondary N) is 1. The van der Waals surface area contributed by atoms with E-state index in [1.54, 1.807) is 25.5 Å². The lowest BCUT2D eigenvalue weighted by molar-refractivity contribution is 0.119. The number of ether oxygens (including phenoxy) is 2. The molecule has 0 spiro atoms. The third-order valence-corrected chi connectivity index (χ3v) is 5.29. The number of hydrogen-bond acceptors (Lipinski definition) is 5. The molecule has 6 nitrogen and oxygen atoms in total. The lowest BCUT2D eigenvalue weighted by Gasteiger charge is -2.21. The number of hydrogen-bond donors (Lipinski definition) is 1. The average molecular weight is 569 g/mol. The van der Waals surface area contributed by atoms with Crippen LogP contribution < -0.4 is 10.1 Å². The Balaban J connectivity index is 0.00000364. The zero-order chi connectivity index (χ0) is 18.9. The van der Waals surface area contributed by atoms with Crippen molar-refractivity contribution in [2.75, 3.05) is 34.4 Å². The molecule has 1 aromatic carbocycles. The number of benzene rings is 1. The monoisotopic (exact) mass is 568 g/mol. The number of aliphatic imine (C=N–C) groups is 1. The predicted molar refractivity (Wildman–Crippen MR) is 125 cm³/mol. The Hall–Kier alpha value is -0.910. The Labute approximate surface area is 190 Å². The molecule has 1 N–H and O–H groups in total. The third kappa shape index (κ3) is 7.92. The van der Waals surface area contributed by atoms with Gasteiger partial charge in [-0.1, -0.05) is 15.9 Å². The summed E-state index contributed by atoms with van der Waals surface area (Å²) in [4.78, 5) is 11.0. The second kappa shape index (κ2) is 12.5. The van der Waals surface area contributed by atoms with Gasteiger partial charge in [0.05, 0.1) is 18.8 Å². The highest BCUT2D eigenvalue weighted by Crippen LogP contribution is 2.21. The second-order valence-corrected chi connectivity index (χ2v) is 7.49. The van der Waals surface area contributed by atoms with Gasteiger partial charge < -0.3 is 19.7 Å². The second-order valence-electron chi connectivity index (χ2n) is 5.69. The fourth-order valence-corrected chi connectivity index (χ4v) is 3.35. The summed E-state index contributed by atoms with van der Waals surface area (Å²) in [6.45, 7) is 3.90. The standard InChI is InChI=1S/C18H25BrN4O2S.HI/c1-13(24-4)17-22-15(12-26-17)11-23(3)18(20-2)21-9-10-25-16-7-5-14(19)6-8-16;/h5-8,12-13H,9-11H2,1-4H3,(H,20,21);1H. The summed E-state index contributed by atoms with van der Waals surface area (Å²) in [6.07, 6.45) is 0.0206. The number of nitrogens with zero attached hydrogens (tertiary/aromatic N) is 3. The molecule has 1 unspecified atom stereocenters. The number of guanidine groups is 1. The predicted octanol–water partition coefficient (Wildman–Crippen LogP) is 4.32. The third-order valence-electron chi connectivity index (χ3n) is 3.71. The SMILES string of the molecule is CN=C(NCCOc1ccc(Br)cc1)N(C)Cc1csc(C(C)OC)n1.I. The Bertz CT molecular complexity index is 712. The highest BCUT2D eigenvalue weighted by Gasteiger charge is 2.12. The first kappa shape index (κ1) is 24.1. The van der Waals surface area contributed by atoms with E-state index in [-0.39, 0.29) is 30.1 Å². The van der Waals surface area contributed by atoms with Gasteiger partial charge in [-0.25, -0.2) is 4.98 Å². The highest BCUT2D eigenvalue weighted by molar-refractivity contribution is 14.0. The van der Waals surface area contributed by atoms with Gasteiger partial charge in [-0.2, -0.15) is 0 Å². The van der Waals surface area contributed by atoms with Gasteiger partial charge in [0.1, 0.15) is 23.5 Å². The lowest BCUT2D eigenvalue weighted by Crippen LogP contribution is -2.40. The average Bonchev–Trinajstić information content (AvgIpc) is 3.11. The van der Waals surface area contributed by atoms with E-state index < -0.39 is 0 Å². The largest absolute Gasteiger partial charge is 0.492 e. The summed E-state index contributed by atoms with van der Waals surface area (Å²) in [5.74, 6) is 1.65. The van der Waals surface area contributed by atoms with E-state index in [1.807, 2.05) is 43.1 Å². The minimum Gasteiger partial charge on any atom is -0.492 e. The van der Waals surface area contributed by atoms with Crippen LogP contribution in [0.15, 0.2) is 39.1 Å². The molecule has 0 aliphatic rings. The van der Waals surface area contributed by atoms with Crippen molar-refractivity contribution in [1.29, 1.82) is 0 Å². The summed E-state index contributed by atoms with van der Waals surface area (Å²) in [5.41, 5.74) is 1.01. The van der Waals surface area contributed by atoms with Crippen LogP contribution in [0.3, 0.4) is 0 Å². The number of aromatic nitrogens is 1. The first-order valence-corrected chi connectivity index (χ1v) is 9.98. The minimum atomic E-state index is 0. The normalized spacial score (nSPS) is 12.3. The maximum Gasteiger partial charge on any atom is 0.193 e. The zero-order valence-corrected chi connectivity index (χ0v) is 20.7. The van der Waals surface area contributed by atoms with Crippen molar-refractivity contribution in [2.24, 2.45) is 4.99 Å². The van der Waals surface area contributed by atoms with Crippen LogP contribution in [-0.4, -0.2) is 50.2 Å². The van der Waals surface area contributed by atoms with Crippen LogP contribution in [-0.2, 0) is 11.3 Å². The zero-order valence-electron chi connectivity index (χ0n) is 15.9. The van der Waals surface area contributed by atoms with Crippen LogP contribution in [0.1, 0.15) is 23.7 Å². The topological polar surface area (TPSA) is 59.0 Å². The van der Waals surface area contributed by atoms with Crippen LogP contribution in [0.25, 0.3) is 0 Å². The lowest BCUT2D eigenvalue weighted by atomic mass is 10.3. The van der Waals surface area contributed by atoms with E-state index in [0.29, 0.717) is 19.7 Å². The Morgan fingerprint density at radius 2 is 2.07 bits per heavy atom. The molecular weight excluding hydrogens is 543 g/mol. The molecule has 0 fully saturated rings. The molecule has 1 aromatic heterocycles. The molecular formula is C18H26BrIN4O2S. The number of halogens is 2. The van der Waals surface area contributed by atoms with Crippen molar-refractivity contribution >= 4 is 57.2 Å². The summed E-state index contributed by atoms with van der Waals surface area (Å²) < 4.78 is 12.1. The molecule has 0 amide bonds. The minimum absolute atomic E-state index is 0. The van der Waals surface area contributed by atoms with E-state index in [1.165, 1.54) is 0 Å². The number of rotatable bonds is 8. The Morgan fingerprint density at radius 3 is 2.70 bits per heavy atom. The van der Waals surface area contributed by atoms with Gasteiger partial charge in [0.2, 0.25) is 0 Å². The van der Waals surface area contributed by atoms with Crippen LogP contribution in [0.5, 0.6) is 5.75 Å². The van der Waals surface area contributed by atoms with E-state index in [4.69, 9.17) is 9.47 Å².